The van der Waals surface area contributed by atoms with E-state index < -0.39 is 11.6 Å². The fourth-order valence-corrected chi connectivity index (χ4v) is 2.46. The van der Waals surface area contributed by atoms with Crippen LogP contribution in [0, 0.1) is 23.0 Å². The van der Waals surface area contributed by atoms with Crippen LogP contribution in [0.5, 0.6) is 5.75 Å². The summed E-state index contributed by atoms with van der Waals surface area (Å²) in [5.74, 6) is -1.89. The van der Waals surface area contributed by atoms with Gasteiger partial charge in [-0.05, 0) is 29.3 Å². The van der Waals surface area contributed by atoms with Crippen LogP contribution in [0.4, 0.5) is 8.78 Å². The summed E-state index contributed by atoms with van der Waals surface area (Å²) in [4.78, 5) is 2.87. The molecule has 0 atom stereocenters. The van der Waals surface area contributed by atoms with Gasteiger partial charge in [0.15, 0.2) is 11.6 Å². The van der Waals surface area contributed by atoms with Crippen LogP contribution in [0.2, 0.25) is 0 Å². The number of hydrogen-bond acceptors (Lipinski definition) is 2. The van der Waals surface area contributed by atoms with Gasteiger partial charge in [-0.2, -0.15) is 5.26 Å². The second-order valence-electron chi connectivity index (χ2n) is 4.63. The fraction of sp³-hybridized carbons (Fsp3) is 0.0625. The zero-order valence-corrected chi connectivity index (χ0v) is 10.8. The standard InChI is InChI=1S/C16H10F2N2O/c17-12-3-1-2-11(15(12)18)10-4-5-13(21)16-14(10)9(6-7-19)8-20-16/h1-5,8,20-21H,6H2. The Balaban J connectivity index is 2.37. The fourth-order valence-electron chi connectivity index (χ4n) is 2.46. The Kier molecular flexibility index (Phi) is 3.07. The number of nitrogens with zero attached hydrogens (tertiary/aromatic N) is 1. The molecule has 0 saturated heterocycles. The Morgan fingerprint density at radius 3 is 2.71 bits per heavy atom. The highest BCUT2D eigenvalue weighted by atomic mass is 19.2. The van der Waals surface area contributed by atoms with Crippen molar-refractivity contribution in [3.8, 4) is 22.9 Å². The molecule has 0 fully saturated rings. The lowest BCUT2D eigenvalue weighted by molar-refractivity contribution is 0.480. The molecule has 0 bridgehead atoms. The number of aromatic nitrogens is 1. The Hall–Kier alpha value is -2.87. The molecule has 0 radical (unpaired) electrons. The van der Waals surface area contributed by atoms with Crippen LogP contribution in [0.25, 0.3) is 22.0 Å². The van der Waals surface area contributed by atoms with Crippen LogP contribution in [0.3, 0.4) is 0 Å². The van der Waals surface area contributed by atoms with Gasteiger partial charge in [0.25, 0.3) is 0 Å². The van der Waals surface area contributed by atoms with Gasteiger partial charge in [-0.1, -0.05) is 12.1 Å². The number of H-pyrrole nitrogens is 1. The first-order valence-electron chi connectivity index (χ1n) is 6.26. The summed E-state index contributed by atoms with van der Waals surface area (Å²) >= 11 is 0. The molecule has 1 heterocycles. The maximum Gasteiger partial charge on any atom is 0.166 e. The summed E-state index contributed by atoms with van der Waals surface area (Å²) in [5.41, 5.74) is 1.56. The Morgan fingerprint density at radius 1 is 1.14 bits per heavy atom. The molecule has 0 aliphatic rings. The predicted molar refractivity (Wildman–Crippen MR) is 74.6 cm³/mol. The van der Waals surface area contributed by atoms with Crippen molar-refractivity contribution in [2.24, 2.45) is 0 Å². The zero-order valence-electron chi connectivity index (χ0n) is 10.8. The van der Waals surface area contributed by atoms with Gasteiger partial charge in [0.2, 0.25) is 0 Å². The predicted octanol–water partition coefficient (Wildman–Crippen LogP) is 3.88. The van der Waals surface area contributed by atoms with Gasteiger partial charge >= 0.3 is 0 Å². The molecule has 0 spiro atoms. The molecule has 0 unspecified atom stereocenters. The van der Waals surface area contributed by atoms with Crippen molar-refractivity contribution in [3.63, 3.8) is 0 Å². The van der Waals surface area contributed by atoms with E-state index in [4.69, 9.17) is 5.26 Å². The van der Waals surface area contributed by atoms with Gasteiger partial charge in [0, 0.05) is 17.1 Å². The average Bonchev–Trinajstić information content (AvgIpc) is 2.89. The highest BCUT2D eigenvalue weighted by molar-refractivity contribution is 6.00. The number of hydrogen-bond donors (Lipinski definition) is 2. The summed E-state index contributed by atoms with van der Waals surface area (Å²) in [6, 6.07) is 8.88. The summed E-state index contributed by atoms with van der Waals surface area (Å²) in [7, 11) is 0. The normalized spacial score (nSPS) is 10.7. The van der Waals surface area contributed by atoms with E-state index in [1.165, 1.54) is 24.3 Å². The highest BCUT2D eigenvalue weighted by Crippen LogP contribution is 2.37. The number of nitriles is 1. The second-order valence-corrected chi connectivity index (χ2v) is 4.63. The van der Waals surface area contributed by atoms with Crippen LogP contribution in [0.1, 0.15) is 5.56 Å². The largest absolute Gasteiger partial charge is 0.506 e. The van der Waals surface area contributed by atoms with Crippen molar-refractivity contribution in [2.75, 3.05) is 0 Å². The lowest BCUT2D eigenvalue weighted by Crippen LogP contribution is -1.91. The monoisotopic (exact) mass is 284 g/mol. The molecule has 3 nitrogen and oxygen atoms in total. The lowest BCUT2D eigenvalue weighted by Gasteiger charge is -2.08. The van der Waals surface area contributed by atoms with Gasteiger partial charge < -0.3 is 10.1 Å². The number of aromatic hydroxyl groups is 1. The van der Waals surface area contributed by atoms with Crippen LogP contribution in [0.15, 0.2) is 36.5 Å². The summed E-state index contributed by atoms with van der Waals surface area (Å²) in [6.45, 7) is 0. The number of nitrogens with one attached hydrogen (secondary N) is 1. The summed E-state index contributed by atoms with van der Waals surface area (Å²) in [6.07, 6.45) is 1.70. The smallest absolute Gasteiger partial charge is 0.166 e. The van der Waals surface area contributed by atoms with Crippen LogP contribution in [-0.2, 0) is 6.42 Å². The molecule has 3 rings (SSSR count). The summed E-state index contributed by atoms with van der Waals surface area (Å²) < 4.78 is 27.5. The summed E-state index contributed by atoms with van der Waals surface area (Å²) in [5, 5.41) is 19.3. The molecular weight excluding hydrogens is 274 g/mol. The van der Waals surface area contributed by atoms with Crippen molar-refractivity contribution >= 4 is 10.9 Å². The third-order valence-electron chi connectivity index (χ3n) is 3.41. The van der Waals surface area contributed by atoms with Crippen LogP contribution >= 0.6 is 0 Å². The molecule has 5 heteroatoms. The first-order valence-corrected chi connectivity index (χ1v) is 6.26. The lowest BCUT2D eigenvalue weighted by atomic mass is 9.97. The molecule has 2 aromatic carbocycles. The van der Waals surface area contributed by atoms with Crippen molar-refractivity contribution < 1.29 is 13.9 Å². The number of halogens is 2. The first kappa shape index (κ1) is 13.1. The number of phenolic OH excluding ortho intramolecular Hbond substituents is 1. The van der Waals surface area contributed by atoms with E-state index in [9.17, 15) is 13.9 Å². The van der Waals surface area contributed by atoms with Gasteiger partial charge in [-0.25, -0.2) is 8.78 Å². The minimum absolute atomic E-state index is 0.00486. The van der Waals surface area contributed by atoms with E-state index in [-0.39, 0.29) is 17.7 Å². The maximum absolute atomic E-state index is 14.0. The van der Waals surface area contributed by atoms with Gasteiger partial charge in [0.05, 0.1) is 18.0 Å². The third-order valence-corrected chi connectivity index (χ3v) is 3.41. The molecular formula is C16H10F2N2O. The first-order chi connectivity index (χ1) is 10.1. The molecule has 3 aromatic rings. The molecule has 104 valence electrons. The maximum atomic E-state index is 14.0. The average molecular weight is 284 g/mol. The van der Waals surface area contributed by atoms with Crippen LogP contribution in [-0.4, -0.2) is 10.1 Å². The van der Waals surface area contributed by atoms with Gasteiger partial charge in [0.1, 0.15) is 5.75 Å². The molecule has 0 aliphatic carbocycles. The van der Waals surface area contributed by atoms with Crippen LogP contribution < -0.4 is 0 Å². The molecule has 1 aromatic heterocycles. The van der Waals surface area contributed by atoms with E-state index >= 15 is 0 Å². The SMILES string of the molecule is N#CCc1c[nH]c2c(O)ccc(-c3cccc(F)c3F)c12. The highest BCUT2D eigenvalue weighted by Gasteiger charge is 2.17. The van der Waals surface area contributed by atoms with Crippen molar-refractivity contribution in [1.82, 2.24) is 4.98 Å². The van der Waals surface area contributed by atoms with Crippen molar-refractivity contribution in [2.45, 2.75) is 6.42 Å². The molecule has 0 amide bonds. The minimum atomic E-state index is -0.950. The third kappa shape index (κ3) is 2.01. The Morgan fingerprint density at radius 2 is 1.95 bits per heavy atom. The van der Waals surface area contributed by atoms with Gasteiger partial charge in [-0.3, -0.25) is 0 Å². The van der Waals surface area contributed by atoms with E-state index in [1.54, 1.807) is 6.20 Å². The number of fused-ring (bicyclic) bond motifs is 1. The second kappa shape index (κ2) is 4.91. The van der Waals surface area contributed by atoms with E-state index in [2.05, 4.69) is 4.98 Å². The molecule has 2 N–H and O–H groups in total. The van der Waals surface area contributed by atoms with Crippen molar-refractivity contribution in [3.05, 3.63) is 53.7 Å². The minimum Gasteiger partial charge on any atom is -0.506 e. The Labute approximate surface area is 119 Å². The van der Waals surface area contributed by atoms with Gasteiger partial charge in [-0.15, -0.1) is 0 Å². The van der Waals surface area contributed by atoms with E-state index in [0.717, 1.165) is 6.07 Å². The van der Waals surface area contributed by atoms with E-state index in [1.807, 2.05) is 6.07 Å². The number of phenols is 1. The van der Waals surface area contributed by atoms with Crippen molar-refractivity contribution in [1.29, 1.82) is 5.26 Å². The molecule has 0 aliphatic heterocycles. The number of rotatable bonds is 2. The number of benzene rings is 2. The quantitative estimate of drug-likeness (QED) is 0.750. The Bertz CT molecular complexity index is 878. The van der Waals surface area contributed by atoms with E-state index in [0.29, 0.717) is 22.0 Å². The molecule has 21 heavy (non-hydrogen) atoms. The molecule has 0 saturated carbocycles. The topological polar surface area (TPSA) is 59.8 Å². The number of aromatic amines is 1. The zero-order chi connectivity index (χ0) is 15.0.